The number of aliphatic carboxylic acids is 1. The first-order chi connectivity index (χ1) is 15.7. The number of rotatable bonds is 6. The van der Waals surface area contributed by atoms with Crippen molar-refractivity contribution in [3.8, 4) is 11.1 Å². The summed E-state index contributed by atoms with van der Waals surface area (Å²) in [5, 5.41) is 15.0. The molecular weight excluding hydrogens is 420 g/mol. The number of amides is 2. The Kier molecular flexibility index (Phi) is 6.15. The predicted molar refractivity (Wildman–Crippen MR) is 124 cm³/mol. The van der Waals surface area contributed by atoms with Gasteiger partial charge in [-0.2, -0.15) is 0 Å². The van der Waals surface area contributed by atoms with Gasteiger partial charge in [-0.25, -0.2) is 9.59 Å². The van der Waals surface area contributed by atoms with Crippen molar-refractivity contribution < 1.29 is 24.2 Å². The molecule has 2 aromatic carbocycles. The van der Waals surface area contributed by atoms with Crippen LogP contribution in [0.5, 0.6) is 0 Å². The molecular formula is C26H30N2O5. The number of nitrogens with one attached hydrogen (secondary N) is 2. The zero-order chi connectivity index (χ0) is 23.6. The third-order valence-electron chi connectivity index (χ3n) is 6.80. The van der Waals surface area contributed by atoms with Gasteiger partial charge in [-0.05, 0) is 48.9 Å². The van der Waals surface area contributed by atoms with Gasteiger partial charge in [-0.15, -0.1) is 0 Å². The zero-order valence-electron chi connectivity index (χ0n) is 19.0. The number of alkyl carbamates (subject to hydrolysis) is 1. The Bertz CT molecular complexity index is 1030. The summed E-state index contributed by atoms with van der Waals surface area (Å²) in [6, 6.07) is 16.1. The first-order valence-corrected chi connectivity index (χ1v) is 11.4. The van der Waals surface area contributed by atoms with Crippen molar-refractivity contribution in [1.29, 1.82) is 0 Å². The van der Waals surface area contributed by atoms with E-state index in [1.807, 2.05) is 36.4 Å². The van der Waals surface area contributed by atoms with Crippen molar-refractivity contribution in [2.24, 2.45) is 0 Å². The number of carboxylic acid groups (broad SMARTS) is 1. The van der Waals surface area contributed by atoms with Crippen molar-refractivity contribution in [1.82, 2.24) is 10.6 Å². The number of carbonyl (C=O) groups excluding carboxylic acids is 2. The number of carboxylic acids is 1. The van der Waals surface area contributed by atoms with Gasteiger partial charge in [0.2, 0.25) is 5.91 Å². The van der Waals surface area contributed by atoms with Gasteiger partial charge in [0, 0.05) is 5.92 Å². The number of ether oxygens (including phenoxy) is 1. The second kappa shape index (κ2) is 8.89. The molecule has 0 saturated heterocycles. The molecule has 174 valence electrons. The summed E-state index contributed by atoms with van der Waals surface area (Å²) in [6.07, 6.45) is 2.49. The Labute approximate surface area is 193 Å². The summed E-state index contributed by atoms with van der Waals surface area (Å²) in [7, 11) is 0. The van der Waals surface area contributed by atoms with Crippen molar-refractivity contribution in [3.05, 3.63) is 59.7 Å². The Morgan fingerprint density at radius 1 is 0.970 bits per heavy atom. The van der Waals surface area contributed by atoms with E-state index >= 15 is 0 Å². The molecule has 4 rings (SSSR count). The average Bonchev–Trinajstić information content (AvgIpc) is 3.11. The van der Waals surface area contributed by atoms with Crippen LogP contribution in [-0.2, 0) is 14.3 Å². The van der Waals surface area contributed by atoms with Crippen LogP contribution in [0.2, 0.25) is 0 Å². The normalized spacial score (nSPS) is 16.9. The van der Waals surface area contributed by atoms with Gasteiger partial charge in [-0.3, -0.25) is 4.79 Å². The average molecular weight is 451 g/mol. The third-order valence-corrected chi connectivity index (χ3v) is 6.80. The topological polar surface area (TPSA) is 105 Å². The lowest BCUT2D eigenvalue weighted by Crippen LogP contribution is -2.63. The van der Waals surface area contributed by atoms with Crippen LogP contribution in [-0.4, -0.2) is 40.8 Å². The fourth-order valence-electron chi connectivity index (χ4n) is 4.87. The van der Waals surface area contributed by atoms with Crippen molar-refractivity contribution in [2.75, 3.05) is 6.61 Å². The number of hydrogen-bond donors (Lipinski definition) is 3. The van der Waals surface area contributed by atoms with Gasteiger partial charge in [0.25, 0.3) is 0 Å². The summed E-state index contributed by atoms with van der Waals surface area (Å²) in [5.41, 5.74) is 1.85. The maximum absolute atomic E-state index is 12.9. The second-order valence-corrected chi connectivity index (χ2v) is 9.48. The van der Waals surface area contributed by atoms with E-state index in [1.54, 1.807) is 13.8 Å². The van der Waals surface area contributed by atoms with E-state index < -0.39 is 29.0 Å². The lowest BCUT2D eigenvalue weighted by Gasteiger charge is -2.37. The Morgan fingerprint density at radius 3 is 2.06 bits per heavy atom. The molecule has 7 heteroatoms. The molecule has 2 aliphatic rings. The highest BCUT2D eigenvalue weighted by Crippen LogP contribution is 2.44. The molecule has 1 fully saturated rings. The summed E-state index contributed by atoms with van der Waals surface area (Å²) in [5.74, 6) is -1.66. The molecule has 0 atom stereocenters. The van der Waals surface area contributed by atoms with Crippen LogP contribution in [0.4, 0.5) is 4.79 Å². The molecule has 0 radical (unpaired) electrons. The van der Waals surface area contributed by atoms with E-state index in [-0.39, 0.29) is 12.5 Å². The lowest BCUT2D eigenvalue weighted by atomic mass is 9.81. The van der Waals surface area contributed by atoms with Gasteiger partial charge in [0.1, 0.15) is 17.7 Å². The maximum Gasteiger partial charge on any atom is 0.408 e. The number of hydrogen-bond acceptors (Lipinski definition) is 4. The number of benzene rings is 2. The molecule has 0 aromatic heterocycles. The van der Waals surface area contributed by atoms with E-state index in [2.05, 4.69) is 22.8 Å². The van der Waals surface area contributed by atoms with Gasteiger partial charge in [-0.1, -0.05) is 67.8 Å². The predicted octanol–water partition coefficient (Wildman–Crippen LogP) is 4.21. The highest BCUT2D eigenvalue weighted by molar-refractivity contribution is 5.93. The van der Waals surface area contributed by atoms with Crippen LogP contribution in [0.3, 0.4) is 0 Å². The van der Waals surface area contributed by atoms with Crippen molar-refractivity contribution in [2.45, 2.75) is 62.9 Å². The SMILES string of the molecule is CC(C)(NC(=O)OCC1c2ccccc2-c2ccccc21)C(=O)NC1(C(=O)O)CCCCC1. The fourth-order valence-corrected chi connectivity index (χ4v) is 4.87. The summed E-state index contributed by atoms with van der Waals surface area (Å²) in [6.45, 7) is 3.22. The largest absolute Gasteiger partial charge is 0.480 e. The molecule has 1 saturated carbocycles. The first-order valence-electron chi connectivity index (χ1n) is 11.4. The minimum atomic E-state index is -1.33. The van der Waals surface area contributed by atoms with Crippen molar-refractivity contribution >= 4 is 18.0 Å². The molecule has 7 nitrogen and oxygen atoms in total. The van der Waals surface area contributed by atoms with Crippen LogP contribution in [0, 0.1) is 0 Å². The first kappa shape index (κ1) is 22.8. The van der Waals surface area contributed by atoms with Gasteiger partial charge in [0.05, 0.1) is 0 Å². The Morgan fingerprint density at radius 2 is 1.52 bits per heavy atom. The zero-order valence-corrected chi connectivity index (χ0v) is 19.0. The van der Waals surface area contributed by atoms with E-state index in [1.165, 1.54) is 0 Å². The minimum absolute atomic E-state index is 0.0855. The summed E-state index contributed by atoms with van der Waals surface area (Å²) < 4.78 is 5.54. The number of fused-ring (bicyclic) bond motifs is 3. The molecule has 0 heterocycles. The van der Waals surface area contributed by atoms with E-state index in [9.17, 15) is 19.5 Å². The lowest BCUT2D eigenvalue weighted by molar-refractivity contribution is -0.150. The molecule has 0 aliphatic heterocycles. The smallest absolute Gasteiger partial charge is 0.408 e. The molecule has 33 heavy (non-hydrogen) atoms. The standard InChI is InChI=1S/C26H30N2O5/c1-25(2,22(29)27-26(23(30)31)14-8-3-9-15-26)28-24(32)33-16-21-19-12-6-4-10-17(19)18-11-5-7-13-20(18)21/h4-7,10-13,21H,3,8-9,14-16H2,1-2H3,(H,27,29)(H,28,32)(H,30,31). The molecule has 2 aliphatic carbocycles. The highest BCUT2D eigenvalue weighted by atomic mass is 16.5. The van der Waals surface area contributed by atoms with Gasteiger partial charge in [0.15, 0.2) is 0 Å². The van der Waals surface area contributed by atoms with Crippen LogP contribution in [0.1, 0.15) is 63.0 Å². The maximum atomic E-state index is 12.9. The van der Waals surface area contributed by atoms with Crippen LogP contribution in [0.25, 0.3) is 11.1 Å². The monoisotopic (exact) mass is 450 g/mol. The molecule has 0 spiro atoms. The van der Waals surface area contributed by atoms with Crippen LogP contribution < -0.4 is 10.6 Å². The summed E-state index contributed by atoms with van der Waals surface area (Å²) >= 11 is 0. The van der Waals surface area contributed by atoms with E-state index in [0.717, 1.165) is 41.5 Å². The van der Waals surface area contributed by atoms with Gasteiger partial charge >= 0.3 is 12.1 Å². The number of carbonyl (C=O) groups is 3. The minimum Gasteiger partial charge on any atom is -0.480 e. The van der Waals surface area contributed by atoms with Crippen LogP contribution in [0.15, 0.2) is 48.5 Å². The molecule has 0 unspecified atom stereocenters. The second-order valence-electron chi connectivity index (χ2n) is 9.48. The molecule has 3 N–H and O–H groups in total. The molecule has 2 aromatic rings. The Balaban J connectivity index is 1.40. The van der Waals surface area contributed by atoms with Gasteiger partial charge < -0.3 is 20.5 Å². The Hall–Kier alpha value is -3.35. The summed E-state index contributed by atoms with van der Waals surface area (Å²) in [4.78, 5) is 37.4. The molecule has 0 bridgehead atoms. The molecule has 2 amide bonds. The quantitative estimate of drug-likeness (QED) is 0.612. The third kappa shape index (κ3) is 4.45. The van der Waals surface area contributed by atoms with Crippen LogP contribution >= 0.6 is 0 Å². The van der Waals surface area contributed by atoms with Crippen molar-refractivity contribution in [3.63, 3.8) is 0 Å². The fraction of sp³-hybridized carbons (Fsp3) is 0.423. The van der Waals surface area contributed by atoms with E-state index in [4.69, 9.17) is 4.74 Å². The highest BCUT2D eigenvalue weighted by Gasteiger charge is 2.44. The van der Waals surface area contributed by atoms with E-state index in [0.29, 0.717) is 12.8 Å².